The van der Waals surface area contributed by atoms with Crippen molar-refractivity contribution in [2.24, 2.45) is 5.73 Å². The molecule has 96 valence electrons. The fourth-order valence-corrected chi connectivity index (χ4v) is 2.50. The SMILES string of the molecule is COC1(c2n[nH]c(C(C)N)n2)CCCCCC1. The van der Waals surface area contributed by atoms with E-state index < -0.39 is 0 Å². The molecule has 1 saturated carbocycles. The molecule has 1 unspecified atom stereocenters. The summed E-state index contributed by atoms with van der Waals surface area (Å²) in [6.07, 6.45) is 6.90. The van der Waals surface area contributed by atoms with Gasteiger partial charge in [0.2, 0.25) is 0 Å². The average molecular weight is 238 g/mol. The summed E-state index contributed by atoms with van der Waals surface area (Å²) < 4.78 is 5.75. The second-order valence-electron chi connectivity index (χ2n) is 4.95. The van der Waals surface area contributed by atoms with Gasteiger partial charge in [0.25, 0.3) is 0 Å². The summed E-state index contributed by atoms with van der Waals surface area (Å²) in [7, 11) is 1.76. The number of hydrogen-bond donors (Lipinski definition) is 2. The Hall–Kier alpha value is -0.940. The van der Waals surface area contributed by atoms with Crippen molar-refractivity contribution in [3.05, 3.63) is 11.6 Å². The maximum atomic E-state index is 5.80. The normalized spacial score (nSPS) is 22.1. The second-order valence-corrected chi connectivity index (χ2v) is 4.95. The predicted molar refractivity (Wildman–Crippen MR) is 65.4 cm³/mol. The van der Waals surface area contributed by atoms with Gasteiger partial charge in [-0.1, -0.05) is 25.7 Å². The fourth-order valence-electron chi connectivity index (χ4n) is 2.50. The first kappa shape index (κ1) is 12.5. The lowest BCUT2D eigenvalue weighted by molar-refractivity contribution is -0.0349. The van der Waals surface area contributed by atoms with Crippen molar-refractivity contribution in [1.29, 1.82) is 0 Å². The van der Waals surface area contributed by atoms with Crippen molar-refractivity contribution in [2.75, 3.05) is 7.11 Å². The Bertz CT molecular complexity index is 353. The molecule has 3 N–H and O–H groups in total. The van der Waals surface area contributed by atoms with Gasteiger partial charge < -0.3 is 10.5 Å². The van der Waals surface area contributed by atoms with Crippen molar-refractivity contribution in [3.8, 4) is 0 Å². The molecule has 1 heterocycles. The first-order valence-electron chi connectivity index (χ1n) is 6.41. The highest BCUT2D eigenvalue weighted by Gasteiger charge is 2.36. The quantitative estimate of drug-likeness (QED) is 0.790. The Balaban J connectivity index is 2.25. The molecule has 0 aliphatic heterocycles. The zero-order chi connectivity index (χ0) is 12.3. The molecular formula is C12H22N4O. The van der Waals surface area contributed by atoms with Crippen LogP contribution in [0.4, 0.5) is 0 Å². The van der Waals surface area contributed by atoms with E-state index in [1.165, 1.54) is 25.7 Å². The summed E-state index contributed by atoms with van der Waals surface area (Å²) in [6, 6.07) is -0.115. The number of aromatic amines is 1. The summed E-state index contributed by atoms with van der Waals surface area (Å²) in [5.74, 6) is 1.51. The van der Waals surface area contributed by atoms with E-state index in [1.54, 1.807) is 7.11 Å². The predicted octanol–water partition coefficient (Wildman–Crippen LogP) is 2.02. The van der Waals surface area contributed by atoms with Crippen molar-refractivity contribution in [1.82, 2.24) is 15.2 Å². The van der Waals surface area contributed by atoms with Crippen LogP contribution in [0.15, 0.2) is 0 Å². The molecule has 1 fully saturated rings. The van der Waals surface area contributed by atoms with Crippen LogP contribution in [0.5, 0.6) is 0 Å². The zero-order valence-electron chi connectivity index (χ0n) is 10.7. The van der Waals surface area contributed by atoms with E-state index in [4.69, 9.17) is 10.5 Å². The Morgan fingerprint density at radius 2 is 1.94 bits per heavy atom. The van der Waals surface area contributed by atoms with E-state index in [0.29, 0.717) is 0 Å². The second kappa shape index (κ2) is 5.14. The lowest BCUT2D eigenvalue weighted by atomic mass is 9.93. The molecule has 0 radical (unpaired) electrons. The lowest BCUT2D eigenvalue weighted by Gasteiger charge is -2.28. The molecule has 1 aromatic rings. The zero-order valence-corrected chi connectivity index (χ0v) is 10.7. The number of aromatic nitrogens is 3. The number of methoxy groups -OCH3 is 1. The molecule has 0 spiro atoms. The monoisotopic (exact) mass is 238 g/mol. The summed E-state index contributed by atoms with van der Waals surface area (Å²) in [4.78, 5) is 4.50. The van der Waals surface area contributed by atoms with Crippen molar-refractivity contribution >= 4 is 0 Å². The molecule has 17 heavy (non-hydrogen) atoms. The maximum Gasteiger partial charge on any atom is 0.182 e. The van der Waals surface area contributed by atoms with E-state index in [1.807, 2.05) is 6.92 Å². The Kier molecular flexibility index (Phi) is 3.79. The molecule has 5 heteroatoms. The topological polar surface area (TPSA) is 76.8 Å². The van der Waals surface area contributed by atoms with Crippen LogP contribution in [-0.2, 0) is 10.3 Å². The van der Waals surface area contributed by atoms with Crippen molar-refractivity contribution in [2.45, 2.75) is 57.1 Å². The minimum atomic E-state index is -0.305. The third-order valence-corrected chi connectivity index (χ3v) is 3.64. The molecular weight excluding hydrogens is 216 g/mol. The molecule has 0 amide bonds. The molecule has 1 aromatic heterocycles. The fraction of sp³-hybridized carbons (Fsp3) is 0.833. The van der Waals surface area contributed by atoms with Crippen LogP contribution in [0.3, 0.4) is 0 Å². The molecule has 0 aromatic carbocycles. The van der Waals surface area contributed by atoms with Crippen LogP contribution in [0.1, 0.15) is 63.1 Å². The Morgan fingerprint density at radius 1 is 1.29 bits per heavy atom. The standard InChI is InChI=1S/C12H22N4O/c1-9(13)10-14-11(16-15-10)12(17-2)7-5-3-4-6-8-12/h9H,3-8,13H2,1-2H3,(H,14,15,16). The first-order valence-corrected chi connectivity index (χ1v) is 6.41. The van der Waals surface area contributed by atoms with Crippen LogP contribution < -0.4 is 5.73 Å². The smallest absolute Gasteiger partial charge is 0.182 e. The largest absolute Gasteiger partial charge is 0.370 e. The van der Waals surface area contributed by atoms with Crippen molar-refractivity contribution in [3.63, 3.8) is 0 Å². The third-order valence-electron chi connectivity index (χ3n) is 3.64. The van der Waals surface area contributed by atoms with Crippen LogP contribution in [0.25, 0.3) is 0 Å². The van der Waals surface area contributed by atoms with Crippen LogP contribution in [0, 0.1) is 0 Å². The highest BCUT2D eigenvalue weighted by Crippen LogP contribution is 2.37. The molecule has 1 aliphatic rings. The number of nitrogens with zero attached hydrogens (tertiary/aromatic N) is 2. The molecule has 1 aliphatic carbocycles. The molecule has 1 atom stereocenters. The number of H-pyrrole nitrogens is 1. The van der Waals surface area contributed by atoms with E-state index >= 15 is 0 Å². The molecule has 0 saturated heterocycles. The van der Waals surface area contributed by atoms with Gasteiger partial charge in [-0.3, -0.25) is 5.10 Å². The summed E-state index contributed by atoms with van der Waals surface area (Å²) in [6.45, 7) is 1.90. The van der Waals surface area contributed by atoms with E-state index in [-0.39, 0.29) is 11.6 Å². The van der Waals surface area contributed by atoms with Gasteiger partial charge in [-0.2, -0.15) is 5.10 Å². The highest BCUT2D eigenvalue weighted by molar-refractivity contribution is 5.05. The number of nitrogens with one attached hydrogen (secondary N) is 1. The van der Waals surface area contributed by atoms with Crippen LogP contribution >= 0.6 is 0 Å². The molecule has 2 rings (SSSR count). The summed E-state index contributed by atoms with van der Waals surface area (Å²) in [5.41, 5.74) is 5.49. The third kappa shape index (κ3) is 2.50. The van der Waals surface area contributed by atoms with Gasteiger partial charge in [-0.25, -0.2) is 4.98 Å². The number of rotatable bonds is 3. The van der Waals surface area contributed by atoms with Gasteiger partial charge in [0.05, 0.1) is 6.04 Å². The summed E-state index contributed by atoms with van der Waals surface area (Å²) >= 11 is 0. The van der Waals surface area contributed by atoms with Gasteiger partial charge in [-0.05, 0) is 19.8 Å². The Morgan fingerprint density at radius 3 is 2.41 bits per heavy atom. The van der Waals surface area contributed by atoms with Gasteiger partial charge in [0, 0.05) is 7.11 Å². The Labute approximate surface area is 102 Å². The lowest BCUT2D eigenvalue weighted by Crippen LogP contribution is -2.29. The van der Waals surface area contributed by atoms with E-state index in [0.717, 1.165) is 24.5 Å². The minimum absolute atomic E-state index is 0.115. The van der Waals surface area contributed by atoms with E-state index in [9.17, 15) is 0 Å². The average Bonchev–Trinajstić information content (AvgIpc) is 2.70. The van der Waals surface area contributed by atoms with Crippen LogP contribution in [-0.4, -0.2) is 22.3 Å². The van der Waals surface area contributed by atoms with Gasteiger partial charge in [0.1, 0.15) is 11.4 Å². The van der Waals surface area contributed by atoms with Gasteiger partial charge in [0.15, 0.2) is 5.82 Å². The van der Waals surface area contributed by atoms with E-state index in [2.05, 4.69) is 15.2 Å². The van der Waals surface area contributed by atoms with Gasteiger partial charge >= 0.3 is 0 Å². The first-order chi connectivity index (χ1) is 8.18. The maximum absolute atomic E-state index is 5.80. The van der Waals surface area contributed by atoms with Crippen LogP contribution in [0.2, 0.25) is 0 Å². The van der Waals surface area contributed by atoms with Crippen molar-refractivity contribution < 1.29 is 4.74 Å². The highest BCUT2D eigenvalue weighted by atomic mass is 16.5. The molecule has 5 nitrogen and oxygen atoms in total. The number of nitrogens with two attached hydrogens (primary N) is 1. The molecule has 0 bridgehead atoms. The van der Waals surface area contributed by atoms with Gasteiger partial charge in [-0.15, -0.1) is 0 Å². The number of hydrogen-bond acceptors (Lipinski definition) is 4. The summed E-state index contributed by atoms with van der Waals surface area (Å²) in [5, 5.41) is 7.22. The number of ether oxygens (including phenoxy) is 1. The minimum Gasteiger partial charge on any atom is -0.370 e.